The first-order valence-corrected chi connectivity index (χ1v) is 7.09. The van der Waals surface area contributed by atoms with E-state index in [0.717, 1.165) is 20.1 Å². The van der Waals surface area contributed by atoms with E-state index >= 15 is 0 Å². The van der Waals surface area contributed by atoms with Gasteiger partial charge in [0, 0.05) is 27.1 Å². The molecule has 1 heterocycles. The van der Waals surface area contributed by atoms with Crippen LogP contribution in [-0.2, 0) is 11.3 Å². The fourth-order valence-corrected chi connectivity index (χ4v) is 2.52. The first kappa shape index (κ1) is 14.2. The summed E-state index contributed by atoms with van der Waals surface area (Å²) in [6.07, 6.45) is 1.31. The molecule has 0 unspecified atom stereocenters. The predicted molar refractivity (Wildman–Crippen MR) is 73.3 cm³/mol. The number of aromatic nitrogens is 2. The molecule has 0 aliphatic heterocycles. The van der Waals surface area contributed by atoms with E-state index in [2.05, 4.69) is 52.9 Å². The summed E-state index contributed by atoms with van der Waals surface area (Å²) in [7, 11) is 3.53. The quantitative estimate of drug-likeness (QED) is 0.755. The van der Waals surface area contributed by atoms with Gasteiger partial charge in [0.15, 0.2) is 0 Å². The second-order valence-electron chi connectivity index (χ2n) is 3.51. The topological polar surface area (TPSA) is 38.1 Å². The standard InChI is InChI=1S/C9H12Br3N3O/c1-14(2)6(16)4-3-5-15-9(12)7(10)8(11)13-15/h3-5H2,1-2H3. The van der Waals surface area contributed by atoms with Gasteiger partial charge in [-0.15, -0.1) is 0 Å². The summed E-state index contributed by atoms with van der Waals surface area (Å²) in [5.74, 6) is 0.140. The Kier molecular flexibility index (Phi) is 5.46. The van der Waals surface area contributed by atoms with Crippen molar-refractivity contribution in [1.82, 2.24) is 14.7 Å². The molecule has 0 saturated carbocycles. The van der Waals surface area contributed by atoms with Gasteiger partial charge in [0.05, 0.1) is 4.47 Å². The number of rotatable bonds is 4. The molecule has 1 amide bonds. The molecule has 0 bridgehead atoms. The highest BCUT2D eigenvalue weighted by Crippen LogP contribution is 2.30. The Morgan fingerprint density at radius 2 is 2.00 bits per heavy atom. The molecule has 90 valence electrons. The summed E-state index contributed by atoms with van der Waals surface area (Å²) in [6, 6.07) is 0. The molecule has 0 saturated heterocycles. The number of aryl methyl sites for hydroxylation is 1. The van der Waals surface area contributed by atoms with Crippen molar-refractivity contribution in [3.05, 3.63) is 13.7 Å². The zero-order valence-corrected chi connectivity index (χ0v) is 13.8. The van der Waals surface area contributed by atoms with Gasteiger partial charge in [0.2, 0.25) is 5.91 Å². The van der Waals surface area contributed by atoms with E-state index in [-0.39, 0.29) is 5.91 Å². The van der Waals surface area contributed by atoms with E-state index in [9.17, 15) is 4.79 Å². The summed E-state index contributed by atoms with van der Waals surface area (Å²) in [4.78, 5) is 13.0. The molecule has 1 aromatic rings. The number of halogens is 3. The number of carbonyl (C=O) groups is 1. The third-order valence-electron chi connectivity index (χ3n) is 2.06. The highest BCUT2D eigenvalue weighted by molar-refractivity contribution is 9.14. The van der Waals surface area contributed by atoms with Crippen LogP contribution in [0.4, 0.5) is 0 Å². The van der Waals surface area contributed by atoms with Crippen LogP contribution in [0, 0.1) is 0 Å². The van der Waals surface area contributed by atoms with Crippen LogP contribution in [-0.4, -0.2) is 34.7 Å². The van der Waals surface area contributed by atoms with Crippen molar-refractivity contribution in [2.45, 2.75) is 19.4 Å². The minimum absolute atomic E-state index is 0.140. The van der Waals surface area contributed by atoms with Gasteiger partial charge < -0.3 is 4.90 Å². The van der Waals surface area contributed by atoms with Gasteiger partial charge in [0.25, 0.3) is 0 Å². The average Bonchev–Trinajstić information content (AvgIpc) is 2.46. The monoisotopic (exact) mass is 415 g/mol. The number of carbonyl (C=O) groups excluding carboxylic acids is 1. The lowest BCUT2D eigenvalue weighted by molar-refractivity contribution is -0.128. The first-order chi connectivity index (χ1) is 7.43. The number of hydrogen-bond acceptors (Lipinski definition) is 2. The molecule has 16 heavy (non-hydrogen) atoms. The van der Waals surface area contributed by atoms with Crippen molar-refractivity contribution < 1.29 is 4.79 Å². The maximum Gasteiger partial charge on any atom is 0.222 e. The fourth-order valence-electron chi connectivity index (χ4n) is 1.14. The molecule has 0 aliphatic rings. The fraction of sp³-hybridized carbons (Fsp3) is 0.556. The lowest BCUT2D eigenvalue weighted by Crippen LogP contribution is -2.21. The average molecular weight is 418 g/mol. The Morgan fingerprint density at radius 1 is 1.38 bits per heavy atom. The molecule has 0 fully saturated rings. The smallest absolute Gasteiger partial charge is 0.222 e. The Morgan fingerprint density at radius 3 is 2.44 bits per heavy atom. The molecule has 0 atom stereocenters. The van der Waals surface area contributed by atoms with E-state index in [0.29, 0.717) is 13.0 Å². The van der Waals surface area contributed by atoms with E-state index < -0.39 is 0 Å². The molecule has 0 radical (unpaired) electrons. The van der Waals surface area contributed by atoms with Gasteiger partial charge in [-0.25, -0.2) is 0 Å². The van der Waals surface area contributed by atoms with E-state index in [1.54, 1.807) is 19.0 Å². The summed E-state index contributed by atoms with van der Waals surface area (Å²) in [5.41, 5.74) is 0. The summed E-state index contributed by atoms with van der Waals surface area (Å²) < 4.78 is 4.36. The van der Waals surface area contributed by atoms with Gasteiger partial charge in [-0.05, 0) is 54.2 Å². The van der Waals surface area contributed by atoms with Crippen LogP contribution in [0.25, 0.3) is 0 Å². The van der Waals surface area contributed by atoms with E-state index in [1.165, 1.54) is 0 Å². The van der Waals surface area contributed by atoms with Crippen LogP contribution in [0.2, 0.25) is 0 Å². The minimum Gasteiger partial charge on any atom is -0.349 e. The molecule has 4 nitrogen and oxygen atoms in total. The van der Waals surface area contributed by atoms with E-state index in [1.807, 2.05) is 4.68 Å². The molecule has 0 spiro atoms. The molecule has 0 N–H and O–H groups in total. The highest BCUT2D eigenvalue weighted by Gasteiger charge is 2.11. The van der Waals surface area contributed by atoms with Gasteiger partial charge in [-0.1, -0.05) is 0 Å². The third-order valence-corrected chi connectivity index (χ3v) is 5.23. The van der Waals surface area contributed by atoms with Crippen molar-refractivity contribution >= 4 is 53.7 Å². The van der Waals surface area contributed by atoms with Crippen LogP contribution >= 0.6 is 47.8 Å². The Labute approximate surface area is 120 Å². The number of amides is 1. The van der Waals surface area contributed by atoms with Gasteiger partial charge in [-0.2, -0.15) is 5.10 Å². The predicted octanol–water partition coefficient (Wildman–Crippen LogP) is 3.04. The van der Waals surface area contributed by atoms with E-state index in [4.69, 9.17) is 0 Å². The van der Waals surface area contributed by atoms with Crippen LogP contribution < -0.4 is 0 Å². The molecular weight excluding hydrogens is 406 g/mol. The van der Waals surface area contributed by atoms with Crippen LogP contribution in [0.5, 0.6) is 0 Å². The van der Waals surface area contributed by atoms with Crippen molar-refractivity contribution in [3.63, 3.8) is 0 Å². The van der Waals surface area contributed by atoms with Gasteiger partial charge in [-0.3, -0.25) is 9.48 Å². The summed E-state index contributed by atoms with van der Waals surface area (Å²) in [6.45, 7) is 0.713. The highest BCUT2D eigenvalue weighted by atomic mass is 79.9. The second kappa shape index (κ2) is 6.16. The normalized spacial score (nSPS) is 10.6. The maximum atomic E-state index is 11.4. The van der Waals surface area contributed by atoms with Gasteiger partial charge >= 0.3 is 0 Å². The first-order valence-electron chi connectivity index (χ1n) is 4.71. The molecular formula is C9H12Br3N3O. The second-order valence-corrected chi connectivity index (χ2v) is 5.81. The van der Waals surface area contributed by atoms with Crippen molar-refractivity contribution in [3.8, 4) is 0 Å². The zero-order valence-electron chi connectivity index (χ0n) is 9.01. The molecule has 0 aliphatic carbocycles. The maximum absolute atomic E-state index is 11.4. The van der Waals surface area contributed by atoms with Crippen LogP contribution in [0.15, 0.2) is 13.7 Å². The largest absolute Gasteiger partial charge is 0.349 e. The van der Waals surface area contributed by atoms with Crippen molar-refractivity contribution in [2.24, 2.45) is 0 Å². The van der Waals surface area contributed by atoms with Crippen LogP contribution in [0.3, 0.4) is 0 Å². The lowest BCUT2D eigenvalue weighted by Gasteiger charge is -2.09. The van der Waals surface area contributed by atoms with Gasteiger partial charge in [0.1, 0.15) is 9.21 Å². The molecule has 1 rings (SSSR count). The number of nitrogens with zero attached hydrogens (tertiary/aromatic N) is 3. The SMILES string of the molecule is CN(C)C(=O)CCCn1nc(Br)c(Br)c1Br. The van der Waals surface area contributed by atoms with Crippen LogP contribution in [0.1, 0.15) is 12.8 Å². The number of hydrogen-bond donors (Lipinski definition) is 0. The summed E-state index contributed by atoms with van der Waals surface area (Å²) in [5, 5.41) is 4.27. The lowest BCUT2D eigenvalue weighted by atomic mass is 10.3. The Balaban J connectivity index is 2.49. The molecule has 7 heteroatoms. The van der Waals surface area contributed by atoms with Crippen molar-refractivity contribution in [1.29, 1.82) is 0 Å². The Hall–Kier alpha value is 0.120. The minimum atomic E-state index is 0.140. The van der Waals surface area contributed by atoms with Crippen molar-refractivity contribution in [2.75, 3.05) is 14.1 Å². The molecule has 0 aromatic carbocycles. The third kappa shape index (κ3) is 3.56. The molecule has 1 aromatic heterocycles. The zero-order chi connectivity index (χ0) is 12.3. The summed E-state index contributed by atoms with van der Waals surface area (Å²) >= 11 is 10.1. The Bertz CT molecular complexity index is 390.